The van der Waals surface area contributed by atoms with Crippen molar-refractivity contribution in [3.63, 3.8) is 0 Å². The smallest absolute Gasteiger partial charge is 0.306 e. The molecule has 0 bridgehead atoms. The van der Waals surface area contributed by atoms with E-state index in [4.69, 9.17) is 0 Å². The van der Waals surface area contributed by atoms with E-state index in [1.165, 1.54) is 0 Å². The third-order valence-electron chi connectivity index (χ3n) is 4.95. The molecule has 0 heterocycles. The van der Waals surface area contributed by atoms with Crippen LogP contribution in [0, 0.1) is 29.6 Å². The molecule has 0 aromatic rings. The van der Waals surface area contributed by atoms with Gasteiger partial charge in [0.2, 0.25) is 0 Å². The number of rotatable bonds is 11. The molecule has 4 unspecified atom stereocenters. The van der Waals surface area contributed by atoms with Gasteiger partial charge in [0.05, 0.1) is 5.92 Å². The first-order valence-corrected chi connectivity index (χ1v) is 8.67. The SMILES string of the molecule is CCCC(C(=O)O)C(CCC)C(CC)C(CC)C(C)C. The Bertz CT molecular complexity index is 260. The highest BCUT2D eigenvalue weighted by atomic mass is 16.4. The first-order valence-electron chi connectivity index (χ1n) is 8.67. The van der Waals surface area contributed by atoms with Crippen molar-refractivity contribution >= 4 is 5.97 Å². The van der Waals surface area contributed by atoms with Crippen molar-refractivity contribution in [3.05, 3.63) is 0 Å². The first-order chi connectivity index (χ1) is 9.44. The molecule has 0 fully saturated rings. The van der Waals surface area contributed by atoms with Crippen LogP contribution >= 0.6 is 0 Å². The molecule has 0 spiro atoms. The number of aliphatic carboxylic acids is 1. The van der Waals surface area contributed by atoms with Crippen LogP contribution in [0.1, 0.15) is 80.1 Å². The lowest BCUT2D eigenvalue weighted by Crippen LogP contribution is -2.35. The largest absolute Gasteiger partial charge is 0.481 e. The van der Waals surface area contributed by atoms with Crippen LogP contribution in [-0.2, 0) is 4.79 Å². The van der Waals surface area contributed by atoms with E-state index in [0.29, 0.717) is 23.7 Å². The quantitative estimate of drug-likeness (QED) is 0.535. The summed E-state index contributed by atoms with van der Waals surface area (Å²) in [5.74, 6) is 1.44. The molecule has 2 nitrogen and oxygen atoms in total. The van der Waals surface area contributed by atoms with Gasteiger partial charge >= 0.3 is 5.97 Å². The summed E-state index contributed by atoms with van der Waals surface area (Å²) in [7, 11) is 0. The number of carboxylic acid groups (broad SMARTS) is 1. The van der Waals surface area contributed by atoms with Crippen molar-refractivity contribution in [3.8, 4) is 0 Å². The van der Waals surface area contributed by atoms with Gasteiger partial charge in [-0.3, -0.25) is 4.79 Å². The van der Waals surface area contributed by atoms with E-state index < -0.39 is 5.97 Å². The molecule has 2 heteroatoms. The topological polar surface area (TPSA) is 37.3 Å². The molecule has 0 aliphatic rings. The van der Waals surface area contributed by atoms with Gasteiger partial charge in [0, 0.05) is 0 Å². The standard InChI is InChI=1S/C18H36O2/c1-7-11-16(17(12-8-2)18(19)20)15(10-4)14(9-3)13(5)6/h13-17H,7-12H2,1-6H3,(H,19,20). The zero-order valence-electron chi connectivity index (χ0n) is 14.5. The highest BCUT2D eigenvalue weighted by molar-refractivity contribution is 5.70. The van der Waals surface area contributed by atoms with Crippen LogP contribution < -0.4 is 0 Å². The molecular formula is C18H36O2. The number of carboxylic acids is 1. The second-order valence-corrected chi connectivity index (χ2v) is 6.57. The minimum absolute atomic E-state index is 0.155. The molecule has 4 atom stereocenters. The van der Waals surface area contributed by atoms with Crippen LogP contribution in [0.25, 0.3) is 0 Å². The Hall–Kier alpha value is -0.530. The molecule has 0 aromatic carbocycles. The second kappa shape index (κ2) is 10.2. The fourth-order valence-corrected chi connectivity index (χ4v) is 4.07. The summed E-state index contributed by atoms with van der Waals surface area (Å²) in [5.41, 5.74) is 0. The normalized spacial score (nSPS) is 17.8. The zero-order chi connectivity index (χ0) is 15.7. The maximum atomic E-state index is 11.7. The van der Waals surface area contributed by atoms with E-state index in [-0.39, 0.29) is 5.92 Å². The third-order valence-corrected chi connectivity index (χ3v) is 4.95. The average Bonchev–Trinajstić information content (AvgIpc) is 2.39. The predicted octanol–water partition coefficient (Wildman–Crippen LogP) is 5.61. The third kappa shape index (κ3) is 5.46. The summed E-state index contributed by atoms with van der Waals surface area (Å²) in [6.07, 6.45) is 6.20. The van der Waals surface area contributed by atoms with Crippen molar-refractivity contribution in [1.82, 2.24) is 0 Å². The van der Waals surface area contributed by atoms with Crippen LogP contribution in [-0.4, -0.2) is 11.1 Å². The lowest BCUT2D eigenvalue weighted by molar-refractivity contribution is -0.145. The van der Waals surface area contributed by atoms with Gasteiger partial charge in [-0.1, -0.05) is 67.2 Å². The molecule has 0 saturated heterocycles. The van der Waals surface area contributed by atoms with Crippen molar-refractivity contribution < 1.29 is 9.90 Å². The van der Waals surface area contributed by atoms with E-state index in [1.807, 2.05) is 0 Å². The molecule has 20 heavy (non-hydrogen) atoms. The van der Waals surface area contributed by atoms with Gasteiger partial charge in [-0.15, -0.1) is 0 Å². The second-order valence-electron chi connectivity index (χ2n) is 6.57. The van der Waals surface area contributed by atoms with E-state index >= 15 is 0 Å². The Labute approximate surface area is 126 Å². The summed E-state index contributed by atoms with van der Waals surface area (Å²) >= 11 is 0. The van der Waals surface area contributed by atoms with E-state index in [0.717, 1.165) is 38.5 Å². The zero-order valence-corrected chi connectivity index (χ0v) is 14.5. The molecule has 0 saturated carbocycles. The van der Waals surface area contributed by atoms with Gasteiger partial charge in [-0.25, -0.2) is 0 Å². The minimum Gasteiger partial charge on any atom is -0.481 e. The fourth-order valence-electron chi connectivity index (χ4n) is 4.07. The number of hydrogen-bond donors (Lipinski definition) is 1. The maximum Gasteiger partial charge on any atom is 0.306 e. The molecule has 120 valence electrons. The van der Waals surface area contributed by atoms with E-state index in [2.05, 4.69) is 41.5 Å². The Kier molecular flexibility index (Phi) is 9.96. The highest BCUT2D eigenvalue weighted by Crippen LogP contribution is 2.40. The lowest BCUT2D eigenvalue weighted by atomic mass is 9.67. The van der Waals surface area contributed by atoms with Crippen LogP contribution in [0.15, 0.2) is 0 Å². The van der Waals surface area contributed by atoms with Gasteiger partial charge in [0.15, 0.2) is 0 Å². The molecule has 0 aromatic heterocycles. The Morgan fingerprint density at radius 2 is 1.35 bits per heavy atom. The van der Waals surface area contributed by atoms with Gasteiger partial charge in [-0.05, 0) is 36.5 Å². The lowest BCUT2D eigenvalue weighted by Gasteiger charge is -2.38. The summed E-state index contributed by atoms with van der Waals surface area (Å²) in [6.45, 7) is 13.3. The first kappa shape index (κ1) is 19.5. The maximum absolute atomic E-state index is 11.7. The van der Waals surface area contributed by atoms with Crippen LogP contribution in [0.4, 0.5) is 0 Å². The molecule has 1 N–H and O–H groups in total. The predicted molar refractivity (Wildman–Crippen MR) is 86.8 cm³/mol. The van der Waals surface area contributed by atoms with Crippen molar-refractivity contribution in [1.29, 1.82) is 0 Å². The summed E-state index contributed by atoms with van der Waals surface area (Å²) < 4.78 is 0. The Morgan fingerprint density at radius 1 is 0.850 bits per heavy atom. The minimum atomic E-state index is -0.581. The monoisotopic (exact) mass is 284 g/mol. The molecule has 0 rings (SSSR count). The fraction of sp³-hybridized carbons (Fsp3) is 0.944. The summed E-state index contributed by atoms with van der Waals surface area (Å²) in [5, 5.41) is 9.64. The number of carbonyl (C=O) groups is 1. The van der Waals surface area contributed by atoms with Gasteiger partial charge in [0.1, 0.15) is 0 Å². The molecule has 0 aliphatic heterocycles. The Balaban J connectivity index is 5.30. The molecule has 0 aliphatic carbocycles. The summed E-state index contributed by atoms with van der Waals surface area (Å²) in [4.78, 5) is 11.7. The van der Waals surface area contributed by atoms with Crippen LogP contribution in [0.2, 0.25) is 0 Å². The Morgan fingerprint density at radius 3 is 1.65 bits per heavy atom. The van der Waals surface area contributed by atoms with Crippen molar-refractivity contribution in [2.45, 2.75) is 80.1 Å². The van der Waals surface area contributed by atoms with E-state index in [9.17, 15) is 9.90 Å². The average molecular weight is 284 g/mol. The van der Waals surface area contributed by atoms with Crippen molar-refractivity contribution in [2.75, 3.05) is 0 Å². The number of hydrogen-bond acceptors (Lipinski definition) is 1. The molecule has 0 radical (unpaired) electrons. The van der Waals surface area contributed by atoms with Crippen LogP contribution in [0.3, 0.4) is 0 Å². The van der Waals surface area contributed by atoms with E-state index in [1.54, 1.807) is 0 Å². The van der Waals surface area contributed by atoms with Gasteiger partial charge in [-0.2, -0.15) is 0 Å². The highest BCUT2D eigenvalue weighted by Gasteiger charge is 2.36. The molecule has 0 amide bonds. The van der Waals surface area contributed by atoms with Gasteiger partial charge in [0.25, 0.3) is 0 Å². The van der Waals surface area contributed by atoms with Crippen molar-refractivity contribution in [2.24, 2.45) is 29.6 Å². The van der Waals surface area contributed by atoms with Gasteiger partial charge < -0.3 is 5.11 Å². The van der Waals surface area contributed by atoms with Crippen LogP contribution in [0.5, 0.6) is 0 Å². The summed E-state index contributed by atoms with van der Waals surface area (Å²) in [6, 6.07) is 0. The molecular weight excluding hydrogens is 248 g/mol.